The SMILES string of the molecule is NC(CC(O)CSc1nc2ccccc2s1)(C(=O)O)S(=O)(=O)c1ccc(-c2ccc(C(F)(F)F)cc2)cc1. The zero-order valence-electron chi connectivity index (χ0n) is 19.4. The molecule has 0 amide bonds. The van der Waals surface area contributed by atoms with Gasteiger partial charge in [0.1, 0.15) is 0 Å². The minimum Gasteiger partial charge on any atom is -0.479 e. The molecule has 38 heavy (non-hydrogen) atoms. The maximum absolute atomic E-state index is 13.3. The Morgan fingerprint density at radius 3 is 2.13 bits per heavy atom. The molecule has 0 bridgehead atoms. The van der Waals surface area contributed by atoms with Crippen molar-refractivity contribution >= 4 is 49.1 Å². The number of nitrogens with zero attached hydrogens (tertiary/aromatic N) is 1. The number of para-hydroxylation sites is 1. The number of nitrogens with two attached hydrogens (primary N) is 1. The van der Waals surface area contributed by atoms with Gasteiger partial charge in [0.15, 0.2) is 4.34 Å². The van der Waals surface area contributed by atoms with E-state index in [9.17, 15) is 36.6 Å². The second kappa shape index (κ2) is 10.7. The van der Waals surface area contributed by atoms with Gasteiger partial charge in [-0.1, -0.05) is 48.2 Å². The molecule has 1 heterocycles. The zero-order chi connectivity index (χ0) is 27.7. The van der Waals surface area contributed by atoms with E-state index < -0.39 is 49.8 Å². The second-order valence-corrected chi connectivity index (χ2v) is 12.9. The van der Waals surface area contributed by atoms with Crippen LogP contribution in [0.4, 0.5) is 13.2 Å². The molecule has 200 valence electrons. The highest BCUT2D eigenvalue weighted by molar-refractivity contribution is 8.01. The first-order valence-corrected chi connectivity index (χ1v) is 14.3. The molecule has 4 N–H and O–H groups in total. The zero-order valence-corrected chi connectivity index (χ0v) is 21.9. The van der Waals surface area contributed by atoms with Crippen molar-refractivity contribution in [1.29, 1.82) is 0 Å². The summed E-state index contributed by atoms with van der Waals surface area (Å²) in [7, 11) is -4.68. The minimum absolute atomic E-state index is 0.0333. The number of alkyl halides is 3. The first-order valence-electron chi connectivity index (χ1n) is 11.0. The molecule has 0 aliphatic rings. The van der Waals surface area contributed by atoms with Crippen LogP contribution in [0.25, 0.3) is 21.3 Å². The number of carboxylic acid groups (broad SMARTS) is 1. The number of hydrogen-bond donors (Lipinski definition) is 3. The largest absolute Gasteiger partial charge is 0.479 e. The highest BCUT2D eigenvalue weighted by Gasteiger charge is 2.49. The van der Waals surface area contributed by atoms with E-state index in [0.29, 0.717) is 15.5 Å². The lowest BCUT2D eigenvalue weighted by Gasteiger charge is -2.27. The van der Waals surface area contributed by atoms with Gasteiger partial charge in [-0.15, -0.1) is 11.3 Å². The van der Waals surface area contributed by atoms with Crippen molar-refractivity contribution in [2.24, 2.45) is 5.73 Å². The first-order chi connectivity index (χ1) is 17.8. The van der Waals surface area contributed by atoms with Crippen LogP contribution >= 0.6 is 23.1 Å². The summed E-state index contributed by atoms with van der Waals surface area (Å²) in [5.41, 5.74) is 6.68. The summed E-state index contributed by atoms with van der Waals surface area (Å²) in [6.45, 7) is 0. The van der Waals surface area contributed by atoms with Gasteiger partial charge in [0, 0.05) is 12.2 Å². The third kappa shape index (κ3) is 5.71. The highest BCUT2D eigenvalue weighted by Crippen LogP contribution is 2.34. The van der Waals surface area contributed by atoms with Crippen LogP contribution in [-0.2, 0) is 20.8 Å². The maximum Gasteiger partial charge on any atom is 0.416 e. The average molecular weight is 583 g/mol. The number of aliphatic carboxylic acids is 1. The average Bonchev–Trinajstić information content (AvgIpc) is 3.30. The summed E-state index contributed by atoms with van der Waals surface area (Å²) < 4.78 is 66.5. The normalized spacial score (nSPS) is 14.8. The number of hydrogen-bond acceptors (Lipinski definition) is 8. The quantitative estimate of drug-likeness (QED) is 0.234. The number of halogens is 3. The Morgan fingerprint density at radius 1 is 1.00 bits per heavy atom. The summed E-state index contributed by atoms with van der Waals surface area (Å²) in [6.07, 6.45) is -6.65. The van der Waals surface area contributed by atoms with Gasteiger partial charge in [0.2, 0.25) is 14.7 Å². The van der Waals surface area contributed by atoms with E-state index in [1.54, 1.807) is 0 Å². The van der Waals surface area contributed by atoms with Gasteiger partial charge in [-0.05, 0) is 47.5 Å². The molecule has 3 aromatic carbocycles. The molecule has 2 atom stereocenters. The fourth-order valence-corrected chi connectivity index (χ4v) is 7.27. The molecule has 0 radical (unpaired) electrons. The maximum atomic E-state index is 13.3. The van der Waals surface area contributed by atoms with E-state index in [1.807, 2.05) is 24.3 Å². The number of thioether (sulfide) groups is 1. The van der Waals surface area contributed by atoms with Crippen molar-refractivity contribution in [3.05, 3.63) is 78.4 Å². The molecule has 0 spiro atoms. The Hall–Kier alpha value is -2.97. The van der Waals surface area contributed by atoms with E-state index >= 15 is 0 Å². The predicted octanol–water partition coefficient (Wildman–Crippen LogP) is 5.04. The monoisotopic (exact) mass is 582 g/mol. The Bertz CT molecular complexity index is 1520. The number of aromatic nitrogens is 1. The molecule has 0 aliphatic carbocycles. The van der Waals surface area contributed by atoms with Crippen LogP contribution in [0.1, 0.15) is 12.0 Å². The van der Waals surface area contributed by atoms with Gasteiger partial charge in [-0.25, -0.2) is 18.2 Å². The lowest BCUT2D eigenvalue weighted by atomic mass is 10.0. The van der Waals surface area contributed by atoms with Crippen LogP contribution in [0.2, 0.25) is 0 Å². The molecule has 13 heteroatoms. The molecule has 4 rings (SSSR count). The van der Waals surface area contributed by atoms with Crippen molar-refractivity contribution in [3.8, 4) is 11.1 Å². The lowest BCUT2D eigenvalue weighted by molar-refractivity contribution is -0.141. The highest BCUT2D eigenvalue weighted by atomic mass is 32.2. The van der Waals surface area contributed by atoms with E-state index in [1.165, 1.54) is 35.6 Å². The summed E-state index contributed by atoms with van der Waals surface area (Å²) in [4.78, 5) is 13.2. The van der Waals surface area contributed by atoms with Gasteiger partial charge in [-0.3, -0.25) is 0 Å². The number of carboxylic acids is 1. The molecule has 0 aliphatic heterocycles. The Labute approximate surface area is 224 Å². The second-order valence-electron chi connectivity index (χ2n) is 8.41. The Balaban J connectivity index is 1.50. The van der Waals surface area contributed by atoms with Crippen LogP contribution in [-0.4, -0.2) is 46.3 Å². The van der Waals surface area contributed by atoms with Gasteiger partial charge in [-0.2, -0.15) is 13.2 Å². The molecule has 0 fully saturated rings. The number of sulfone groups is 1. The van der Waals surface area contributed by atoms with Crippen molar-refractivity contribution in [3.63, 3.8) is 0 Å². The van der Waals surface area contributed by atoms with Gasteiger partial charge in [0.25, 0.3) is 0 Å². The lowest BCUT2D eigenvalue weighted by Crippen LogP contribution is -2.56. The van der Waals surface area contributed by atoms with Crippen LogP contribution < -0.4 is 5.73 Å². The number of thiazole rings is 1. The number of rotatable bonds is 9. The fourth-order valence-electron chi connectivity index (χ4n) is 3.69. The van der Waals surface area contributed by atoms with Crippen molar-refractivity contribution < 1.29 is 36.6 Å². The van der Waals surface area contributed by atoms with E-state index in [2.05, 4.69) is 4.98 Å². The summed E-state index contributed by atoms with van der Waals surface area (Å²) in [5.74, 6) is -1.86. The van der Waals surface area contributed by atoms with Crippen LogP contribution in [0, 0.1) is 0 Å². The molecule has 2 unspecified atom stereocenters. The number of aliphatic hydroxyl groups excluding tert-OH is 1. The molecule has 4 aromatic rings. The summed E-state index contributed by atoms with van der Waals surface area (Å²) in [6, 6.07) is 16.7. The number of benzene rings is 3. The van der Waals surface area contributed by atoms with Crippen molar-refractivity contribution in [2.75, 3.05) is 5.75 Å². The minimum atomic E-state index is -4.68. The number of fused-ring (bicyclic) bond motifs is 1. The van der Waals surface area contributed by atoms with Gasteiger partial charge >= 0.3 is 12.1 Å². The summed E-state index contributed by atoms with van der Waals surface area (Å²) >= 11 is 2.55. The number of carbonyl (C=O) groups is 1. The van der Waals surface area contributed by atoms with Crippen LogP contribution in [0.3, 0.4) is 0 Å². The third-order valence-electron chi connectivity index (χ3n) is 5.76. The Morgan fingerprint density at radius 2 is 1.58 bits per heavy atom. The van der Waals surface area contributed by atoms with Gasteiger partial charge < -0.3 is 15.9 Å². The van der Waals surface area contributed by atoms with Crippen molar-refractivity contribution in [1.82, 2.24) is 4.98 Å². The third-order valence-corrected chi connectivity index (χ3v) is 10.3. The van der Waals surface area contributed by atoms with Gasteiger partial charge in [0.05, 0.1) is 26.8 Å². The van der Waals surface area contributed by atoms with E-state index in [-0.39, 0.29) is 5.75 Å². The molecule has 0 saturated carbocycles. The standard InChI is InChI=1S/C25H21F3N2O5S3/c26-25(27,28)17-9-5-15(6-10-17)16-7-11-19(12-8-16)38(34,35)24(29,22(32)33)13-18(31)14-36-23-30-20-3-1-2-4-21(20)37-23/h1-12,18,31H,13-14,29H2,(H,32,33). The predicted molar refractivity (Wildman–Crippen MR) is 140 cm³/mol. The van der Waals surface area contributed by atoms with Crippen LogP contribution in [0.5, 0.6) is 0 Å². The topological polar surface area (TPSA) is 131 Å². The summed E-state index contributed by atoms with van der Waals surface area (Å²) in [5, 5.41) is 20.3. The molecule has 0 saturated heterocycles. The molecular formula is C25H21F3N2O5S3. The fraction of sp³-hybridized carbons (Fsp3) is 0.200. The van der Waals surface area contributed by atoms with Crippen LogP contribution in [0.15, 0.2) is 82.0 Å². The van der Waals surface area contributed by atoms with E-state index in [4.69, 9.17) is 5.73 Å². The molecule has 1 aromatic heterocycles. The van der Waals surface area contributed by atoms with E-state index in [0.717, 1.165) is 46.2 Å². The van der Waals surface area contributed by atoms with Crippen molar-refractivity contribution in [2.45, 2.75) is 32.8 Å². The Kier molecular flexibility index (Phi) is 7.86. The molecular weight excluding hydrogens is 561 g/mol. The smallest absolute Gasteiger partial charge is 0.416 e. The number of aliphatic hydroxyl groups is 1. The first kappa shape index (κ1) is 28.0. The molecule has 7 nitrogen and oxygen atoms in total.